The van der Waals surface area contributed by atoms with Gasteiger partial charge in [-0.1, -0.05) is 26.7 Å². The second-order valence-corrected chi connectivity index (χ2v) is 5.79. The van der Waals surface area contributed by atoms with Crippen LogP contribution in [-0.4, -0.2) is 45.1 Å². The molecule has 0 aliphatic carbocycles. The molecule has 7 nitrogen and oxygen atoms in total. The van der Waals surface area contributed by atoms with E-state index in [9.17, 15) is 9.59 Å². The fourth-order valence-corrected chi connectivity index (χ4v) is 2.77. The highest BCUT2D eigenvalue weighted by Gasteiger charge is 2.25. The second-order valence-electron chi connectivity index (χ2n) is 5.79. The highest BCUT2D eigenvalue weighted by Crippen LogP contribution is 2.17. The molecule has 1 aliphatic heterocycles. The van der Waals surface area contributed by atoms with E-state index in [1.807, 2.05) is 0 Å². The van der Waals surface area contributed by atoms with Crippen molar-refractivity contribution in [2.75, 3.05) is 13.6 Å². The molecule has 2 heterocycles. The van der Waals surface area contributed by atoms with Gasteiger partial charge in [0.15, 0.2) is 5.82 Å². The van der Waals surface area contributed by atoms with E-state index in [2.05, 4.69) is 29.4 Å². The molecule has 2 rings (SSSR count). The largest absolute Gasteiger partial charge is 0.348 e. The number of unbranched alkanes of at least 4 members (excludes halogenated alkanes) is 1. The van der Waals surface area contributed by atoms with Crippen molar-refractivity contribution in [3.05, 3.63) is 11.6 Å². The summed E-state index contributed by atoms with van der Waals surface area (Å²) in [7, 11) is 1.79. The maximum Gasteiger partial charge on any atom is 0.289 e. The van der Waals surface area contributed by atoms with Crippen LogP contribution in [0.3, 0.4) is 0 Å². The van der Waals surface area contributed by atoms with Crippen molar-refractivity contribution < 1.29 is 9.59 Å². The summed E-state index contributed by atoms with van der Waals surface area (Å²) in [4.78, 5) is 25.9. The van der Waals surface area contributed by atoms with Gasteiger partial charge in [-0.2, -0.15) is 0 Å². The Hall–Kier alpha value is -1.92. The molecule has 0 aromatic carbocycles. The number of carbonyl (C=O) groups is 2. The molecule has 1 unspecified atom stereocenters. The average Bonchev–Trinajstić information content (AvgIpc) is 2.92. The predicted molar refractivity (Wildman–Crippen MR) is 82.1 cm³/mol. The van der Waals surface area contributed by atoms with Crippen molar-refractivity contribution in [1.82, 2.24) is 25.0 Å². The Morgan fingerprint density at radius 2 is 2.18 bits per heavy atom. The first kappa shape index (κ1) is 16.5. The Kier molecular flexibility index (Phi) is 5.51. The zero-order valence-corrected chi connectivity index (χ0v) is 13.6. The Bertz CT molecular complexity index is 540. The minimum atomic E-state index is -0.201. The number of carbonyl (C=O) groups excluding carboxylic acids is 2. The van der Waals surface area contributed by atoms with Gasteiger partial charge in [0.1, 0.15) is 0 Å². The molecule has 1 N–H and O–H groups in total. The van der Waals surface area contributed by atoms with Gasteiger partial charge in [-0.05, 0) is 12.8 Å². The van der Waals surface area contributed by atoms with Crippen molar-refractivity contribution in [3.63, 3.8) is 0 Å². The first-order valence-electron chi connectivity index (χ1n) is 8.03. The van der Waals surface area contributed by atoms with Gasteiger partial charge in [0.25, 0.3) is 5.91 Å². The second kappa shape index (κ2) is 7.38. The van der Waals surface area contributed by atoms with Crippen molar-refractivity contribution in [2.24, 2.45) is 5.92 Å². The Labute approximate surface area is 131 Å². The summed E-state index contributed by atoms with van der Waals surface area (Å²) in [5.74, 6) is 1.02. The van der Waals surface area contributed by atoms with E-state index >= 15 is 0 Å². The van der Waals surface area contributed by atoms with Crippen LogP contribution in [0.4, 0.5) is 0 Å². The van der Waals surface area contributed by atoms with E-state index < -0.39 is 0 Å². The molecule has 0 radical (unpaired) electrons. The van der Waals surface area contributed by atoms with Crippen LogP contribution < -0.4 is 5.32 Å². The lowest BCUT2D eigenvalue weighted by molar-refractivity contribution is -0.135. The number of hydrogen-bond acceptors (Lipinski definition) is 4. The third-order valence-electron chi connectivity index (χ3n) is 4.15. The van der Waals surface area contributed by atoms with Crippen LogP contribution >= 0.6 is 0 Å². The molecule has 122 valence electrons. The van der Waals surface area contributed by atoms with E-state index in [1.54, 1.807) is 16.5 Å². The van der Waals surface area contributed by atoms with Crippen LogP contribution in [0.5, 0.6) is 0 Å². The zero-order valence-electron chi connectivity index (χ0n) is 13.6. The van der Waals surface area contributed by atoms with Crippen LogP contribution in [0.2, 0.25) is 0 Å². The molecule has 1 atom stereocenters. The molecule has 0 spiro atoms. The molecule has 0 saturated heterocycles. The normalized spacial score (nSPS) is 15.1. The lowest BCUT2D eigenvalue weighted by Gasteiger charge is -2.23. The maximum absolute atomic E-state index is 12.5. The van der Waals surface area contributed by atoms with Gasteiger partial charge in [-0.3, -0.25) is 9.59 Å². The molecule has 1 aromatic rings. The summed E-state index contributed by atoms with van der Waals surface area (Å²) >= 11 is 0. The average molecular weight is 307 g/mol. The molecule has 0 saturated carbocycles. The van der Waals surface area contributed by atoms with Gasteiger partial charge in [0.05, 0.1) is 6.54 Å². The highest BCUT2D eigenvalue weighted by molar-refractivity contribution is 5.91. The number of nitrogens with zero attached hydrogens (tertiary/aromatic N) is 4. The smallest absolute Gasteiger partial charge is 0.289 e. The Balaban J connectivity index is 2.04. The molecule has 1 aromatic heterocycles. The summed E-state index contributed by atoms with van der Waals surface area (Å²) in [5, 5.41) is 10.7. The molecule has 7 heteroatoms. The van der Waals surface area contributed by atoms with Crippen LogP contribution in [0, 0.1) is 5.92 Å². The number of amides is 2. The van der Waals surface area contributed by atoms with Gasteiger partial charge in [-0.25, -0.2) is 0 Å². The van der Waals surface area contributed by atoms with Crippen molar-refractivity contribution in [2.45, 2.75) is 52.6 Å². The summed E-state index contributed by atoms with van der Waals surface area (Å²) in [6.07, 6.45) is 3.94. The monoisotopic (exact) mass is 307 g/mol. The topological polar surface area (TPSA) is 80.1 Å². The van der Waals surface area contributed by atoms with E-state index in [4.69, 9.17) is 0 Å². The number of hydrogen-bond donors (Lipinski definition) is 1. The van der Waals surface area contributed by atoms with Crippen LogP contribution in [-0.2, 0) is 17.9 Å². The summed E-state index contributed by atoms with van der Waals surface area (Å²) in [6, 6.07) is 0. The molecule has 0 fully saturated rings. The minimum Gasteiger partial charge on any atom is -0.348 e. The third kappa shape index (κ3) is 3.45. The highest BCUT2D eigenvalue weighted by atomic mass is 16.2. The van der Waals surface area contributed by atoms with E-state index in [0.29, 0.717) is 31.3 Å². The van der Waals surface area contributed by atoms with Gasteiger partial charge in [0.2, 0.25) is 11.7 Å². The fourth-order valence-electron chi connectivity index (χ4n) is 2.77. The Morgan fingerprint density at radius 3 is 2.86 bits per heavy atom. The number of fused-ring (bicyclic) bond motifs is 1. The van der Waals surface area contributed by atoms with Crippen LogP contribution in [0.25, 0.3) is 0 Å². The summed E-state index contributed by atoms with van der Waals surface area (Å²) in [6.45, 7) is 5.80. The number of aromatic nitrogens is 3. The number of nitrogens with one attached hydrogen (secondary N) is 1. The molecule has 1 aliphatic rings. The molecule has 0 bridgehead atoms. The van der Waals surface area contributed by atoms with Crippen molar-refractivity contribution in [1.29, 1.82) is 0 Å². The number of rotatable bonds is 7. The molecular weight excluding hydrogens is 282 g/mol. The van der Waals surface area contributed by atoms with E-state index in [1.165, 1.54) is 0 Å². The first-order chi connectivity index (χ1) is 10.6. The quantitative estimate of drug-likeness (QED) is 0.820. The van der Waals surface area contributed by atoms with E-state index in [-0.39, 0.29) is 17.7 Å². The SMILES string of the molecule is CCCCC(CC)C(=O)N(C)Cc1nnc2n1CCNC2=O. The van der Waals surface area contributed by atoms with Crippen LogP contribution in [0.1, 0.15) is 56.0 Å². The lowest BCUT2D eigenvalue weighted by atomic mass is 9.98. The van der Waals surface area contributed by atoms with Crippen molar-refractivity contribution >= 4 is 11.8 Å². The third-order valence-corrected chi connectivity index (χ3v) is 4.15. The molecular formula is C15H25N5O2. The fraction of sp³-hybridized carbons (Fsp3) is 0.733. The maximum atomic E-state index is 12.5. The van der Waals surface area contributed by atoms with E-state index in [0.717, 1.165) is 25.7 Å². The van der Waals surface area contributed by atoms with Gasteiger partial charge < -0.3 is 14.8 Å². The minimum absolute atomic E-state index is 0.0667. The first-order valence-corrected chi connectivity index (χ1v) is 8.03. The van der Waals surface area contributed by atoms with Gasteiger partial charge >= 0.3 is 0 Å². The molecule has 22 heavy (non-hydrogen) atoms. The zero-order chi connectivity index (χ0) is 16.1. The standard InChI is InChI=1S/C15H25N5O2/c1-4-6-7-11(5-2)15(22)19(3)10-12-17-18-13-14(21)16-8-9-20(12)13/h11H,4-10H2,1-3H3,(H,16,21). The summed E-state index contributed by atoms with van der Waals surface area (Å²) < 4.78 is 1.80. The Morgan fingerprint density at radius 1 is 1.41 bits per heavy atom. The van der Waals surface area contributed by atoms with Crippen molar-refractivity contribution in [3.8, 4) is 0 Å². The lowest BCUT2D eigenvalue weighted by Crippen LogP contribution is -2.37. The summed E-state index contributed by atoms with van der Waals surface area (Å²) in [5.41, 5.74) is 0. The van der Waals surface area contributed by atoms with Gasteiger partial charge in [-0.15, -0.1) is 10.2 Å². The van der Waals surface area contributed by atoms with Gasteiger partial charge in [0, 0.05) is 26.1 Å². The van der Waals surface area contributed by atoms with Crippen LogP contribution in [0.15, 0.2) is 0 Å². The molecule has 2 amide bonds. The predicted octanol–water partition coefficient (Wildman–Crippen LogP) is 1.20.